The first-order valence-corrected chi connectivity index (χ1v) is 18.4. The summed E-state index contributed by atoms with van der Waals surface area (Å²) in [7, 11) is -2.53. The molecule has 0 aliphatic heterocycles. The summed E-state index contributed by atoms with van der Waals surface area (Å²) in [4.78, 5) is 15.2. The molecule has 1 atom stereocenters. The summed E-state index contributed by atoms with van der Waals surface area (Å²) in [6, 6.07) is 54.3. The third-order valence-corrected chi connectivity index (χ3v) is 10.6. The fourth-order valence-electron chi connectivity index (χ4n) is 6.99. The maximum atomic E-state index is 13.4. The van der Waals surface area contributed by atoms with Crippen molar-refractivity contribution < 1.29 is 4.57 Å². The molecule has 0 bridgehead atoms. The van der Waals surface area contributed by atoms with E-state index >= 15 is 0 Å². The predicted molar refractivity (Wildman–Crippen MR) is 193 cm³/mol. The van der Waals surface area contributed by atoms with Crippen molar-refractivity contribution in [2.45, 2.75) is 5.41 Å². The van der Waals surface area contributed by atoms with E-state index in [2.05, 4.69) is 84.9 Å². The molecule has 1 aromatic heterocycles. The van der Waals surface area contributed by atoms with Gasteiger partial charge in [-0.1, -0.05) is 152 Å². The molecule has 47 heavy (non-hydrogen) atoms. The Kier molecular flexibility index (Phi) is 7.04. The molecule has 0 saturated carbocycles. The maximum Gasteiger partial charge on any atom is 0.164 e. The van der Waals surface area contributed by atoms with Gasteiger partial charge in [0.2, 0.25) is 0 Å². The first kappa shape index (κ1) is 29.0. The molecule has 5 heteroatoms. The van der Waals surface area contributed by atoms with Gasteiger partial charge in [-0.25, -0.2) is 15.0 Å². The Morgan fingerprint density at radius 3 is 1.60 bits per heavy atom. The number of hydrogen-bond acceptors (Lipinski definition) is 4. The van der Waals surface area contributed by atoms with Crippen LogP contribution in [0.25, 0.3) is 45.3 Å². The first-order chi connectivity index (χ1) is 22.9. The average molecular weight is 626 g/mol. The summed E-state index contributed by atoms with van der Waals surface area (Å²) < 4.78 is 13.4. The van der Waals surface area contributed by atoms with Gasteiger partial charge in [0.1, 0.15) is 7.14 Å². The van der Waals surface area contributed by atoms with E-state index in [0.29, 0.717) is 17.5 Å². The molecule has 8 rings (SSSR count). The van der Waals surface area contributed by atoms with Crippen molar-refractivity contribution in [1.82, 2.24) is 15.0 Å². The molecule has 226 valence electrons. The fraction of sp³-hybridized carbons (Fsp3) is 0.0714. The van der Waals surface area contributed by atoms with Crippen LogP contribution in [0.3, 0.4) is 0 Å². The standard InChI is InChI=1S/C42H32N3OP/c1-47(2,46)33-23-14-22-32(28-33)42(31-20-10-5-11-21-31)36-26-13-12-24-34(36)38-35(25-15-27-37(38)42)41-44-39(29-16-6-3-7-17-29)43-40(45-41)30-18-8-4-9-19-30/h3-28H,1-2H3. The average Bonchev–Trinajstić information content (AvgIpc) is 3.44. The summed E-state index contributed by atoms with van der Waals surface area (Å²) >= 11 is 0. The van der Waals surface area contributed by atoms with Gasteiger partial charge in [-0.3, -0.25) is 0 Å². The first-order valence-electron chi connectivity index (χ1n) is 15.8. The summed E-state index contributed by atoms with van der Waals surface area (Å²) in [6.07, 6.45) is 0. The van der Waals surface area contributed by atoms with Gasteiger partial charge < -0.3 is 4.57 Å². The molecule has 0 saturated heterocycles. The second-order valence-electron chi connectivity index (χ2n) is 12.3. The number of hydrogen-bond donors (Lipinski definition) is 0. The minimum absolute atomic E-state index is 0.619. The molecule has 0 amide bonds. The van der Waals surface area contributed by atoms with Crippen LogP contribution >= 0.6 is 7.14 Å². The van der Waals surface area contributed by atoms with Gasteiger partial charge in [-0.05, 0) is 52.8 Å². The lowest BCUT2D eigenvalue weighted by Crippen LogP contribution is -2.29. The van der Waals surface area contributed by atoms with Gasteiger partial charge in [-0.2, -0.15) is 0 Å². The largest absolute Gasteiger partial charge is 0.319 e. The lowest BCUT2D eigenvalue weighted by molar-refractivity contribution is 0.588. The number of fused-ring (bicyclic) bond motifs is 3. The SMILES string of the molecule is CP(C)(=O)c1cccc(C2(c3ccccc3)c3ccccc3-c3c(-c4nc(-c5ccccc5)nc(-c5ccccc5)n4)cccc32)c1. The second kappa shape index (κ2) is 11.4. The molecular weight excluding hydrogens is 593 g/mol. The van der Waals surface area contributed by atoms with Crippen LogP contribution in [0.5, 0.6) is 0 Å². The molecule has 1 aliphatic rings. The Hall–Kier alpha value is -5.44. The zero-order valence-corrected chi connectivity index (χ0v) is 27.1. The zero-order chi connectivity index (χ0) is 32.0. The van der Waals surface area contributed by atoms with E-state index in [1.807, 2.05) is 86.1 Å². The Labute approximate surface area is 275 Å². The van der Waals surface area contributed by atoms with Crippen molar-refractivity contribution in [3.05, 3.63) is 180 Å². The highest BCUT2D eigenvalue weighted by atomic mass is 31.2. The minimum Gasteiger partial charge on any atom is -0.319 e. The summed E-state index contributed by atoms with van der Waals surface area (Å²) in [5.41, 5.74) is 8.93. The van der Waals surface area contributed by atoms with E-state index in [1.165, 1.54) is 5.56 Å². The number of aromatic nitrogens is 3. The predicted octanol–water partition coefficient (Wildman–Crippen LogP) is 9.48. The molecule has 1 unspecified atom stereocenters. The van der Waals surface area contributed by atoms with Gasteiger partial charge in [0, 0.05) is 22.0 Å². The highest BCUT2D eigenvalue weighted by molar-refractivity contribution is 7.70. The Morgan fingerprint density at radius 1 is 0.468 bits per heavy atom. The summed E-state index contributed by atoms with van der Waals surface area (Å²) in [5.74, 6) is 1.87. The number of nitrogens with zero attached hydrogens (tertiary/aromatic N) is 3. The molecule has 0 fully saturated rings. The third kappa shape index (κ3) is 4.85. The van der Waals surface area contributed by atoms with Crippen molar-refractivity contribution in [2.75, 3.05) is 13.3 Å². The van der Waals surface area contributed by atoms with Gasteiger partial charge in [-0.15, -0.1) is 0 Å². The molecular formula is C42H32N3OP. The summed E-state index contributed by atoms with van der Waals surface area (Å²) in [5, 5.41) is 0.866. The minimum atomic E-state index is -2.53. The topological polar surface area (TPSA) is 55.7 Å². The van der Waals surface area contributed by atoms with Gasteiger partial charge in [0.25, 0.3) is 0 Å². The van der Waals surface area contributed by atoms with E-state index in [1.54, 1.807) is 0 Å². The molecule has 0 N–H and O–H groups in total. The Morgan fingerprint density at radius 2 is 0.957 bits per heavy atom. The van der Waals surface area contributed by atoms with E-state index in [9.17, 15) is 4.57 Å². The van der Waals surface area contributed by atoms with E-state index in [4.69, 9.17) is 15.0 Å². The number of benzene rings is 6. The molecule has 0 spiro atoms. The zero-order valence-electron chi connectivity index (χ0n) is 26.2. The quantitative estimate of drug-likeness (QED) is 0.173. The van der Waals surface area contributed by atoms with Crippen LogP contribution in [-0.4, -0.2) is 28.3 Å². The van der Waals surface area contributed by atoms with E-state index < -0.39 is 12.6 Å². The summed E-state index contributed by atoms with van der Waals surface area (Å²) in [6.45, 7) is 3.68. The van der Waals surface area contributed by atoms with Gasteiger partial charge >= 0.3 is 0 Å². The molecule has 7 aromatic rings. The maximum absolute atomic E-state index is 13.4. The van der Waals surface area contributed by atoms with Crippen molar-refractivity contribution in [3.63, 3.8) is 0 Å². The number of rotatable bonds is 6. The highest BCUT2D eigenvalue weighted by Crippen LogP contribution is 2.58. The second-order valence-corrected chi connectivity index (χ2v) is 15.5. The van der Waals surface area contributed by atoms with Crippen LogP contribution in [-0.2, 0) is 9.98 Å². The molecule has 4 nitrogen and oxygen atoms in total. The normalized spacial score (nSPS) is 15.2. The van der Waals surface area contributed by atoms with Crippen LogP contribution in [0.4, 0.5) is 0 Å². The Bertz CT molecular complexity index is 2240. The smallest absolute Gasteiger partial charge is 0.164 e. The van der Waals surface area contributed by atoms with Crippen molar-refractivity contribution in [3.8, 4) is 45.3 Å². The van der Waals surface area contributed by atoms with Crippen molar-refractivity contribution in [2.24, 2.45) is 0 Å². The molecule has 1 heterocycles. The van der Waals surface area contributed by atoms with Crippen LogP contribution in [0.15, 0.2) is 158 Å². The van der Waals surface area contributed by atoms with Crippen molar-refractivity contribution in [1.29, 1.82) is 0 Å². The lowest BCUT2D eigenvalue weighted by Gasteiger charge is -2.34. The van der Waals surface area contributed by atoms with Crippen LogP contribution in [0.2, 0.25) is 0 Å². The van der Waals surface area contributed by atoms with E-state index in [-0.39, 0.29) is 0 Å². The van der Waals surface area contributed by atoms with Crippen LogP contribution in [0.1, 0.15) is 22.3 Å². The van der Waals surface area contributed by atoms with Crippen molar-refractivity contribution >= 4 is 12.4 Å². The lowest BCUT2D eigenvalue weighted by atomic mass is 9.67. The Balaban J connectivity index is 1.46. The van der Waals surface area contributed by atoms with Crippen LogP contribution < -0.4 is 5.30 Å². The third-order valence-electron chi connectivity index (χ3n) is 9.12. The van der Waals surface area contributed by atoms with E-state index in [0.717, 1.165) is 49.8 Å². The fourth-order valence-corrected chi connectivity index (χ4v) is 7.89. The molecule has 6 aromatic carbocycles. The molecule has 1 aliphatic carbocycles. The monoisotopic (exact) mass is 625 g/mol. The van der Waals surface area contributed by atoms with Gasteiger partial charge in [0.05, 0.1) is 5.41 Å². The highest BCUT2D eigenvalue weighted by Gasteiger charge is 2.47. The van der Waals surface area contributed by atoms with Gasteiger partial charge in [0.15, 0.2) is 17.5 Å². The molecule has 0 radical (unpaired) electrons. The van der Waals surface area contributed by atoms with Crippen LogP contribution in [0, 0.1) is 0 Å².